The maximum absolute atomic E-state index is 14.9. The Bertz CT molecular complexity index is 1290. The van der Waals surface area contributed by atoms with Gasteiger partial charge in [0.1, 0.15) is 5.82 Å². The molecule has 7 nitrogen and oxygen atoms in total. The molecule has 2 amide bonds. The standard InChI is InChI=1S/C24H25F2N5O2S/c1-13-10-31(22(33)21(32)30-16-8-17(14-3-4-14)20(27)28-9-16)23(2,11-24(13,25)26)15-5-6-19-18(7-15)29-12-34-19/h5-9,12-14H,3-4,10-11H2,1-2H3,(H2,27,28)(H,30,32)/t13-,23+/m1/s1. The smallest absolute Gasteiger partial charge is 0.313 e. The highest BCUT2D eigenvalue weighted by Gasteiger charge is 2.54. The van der Waals surface area contributed by atoms with Gasteiger partial charge < -0.3 is 16.0 Å². The fourth-order valence-electron chi connectivity index (χ4n) is 4.68. The Morgan fingerprint density at radius 2 is 2.00 bits per heavy atom. The summed E-state index contributed by atoms with van der Waals surface area (Å²) in [4.78, 5) is 36.0. The summed E-state index contributed by atoms with van der Waals surface area (Å²) in [7, 11) is 0. The van der Waals surface area contributed by atoms with Gasteiger partial charge in [-0.2, -0.15) is 0 Å². The monoisotopic (exact) mass is 485 g/mol. The molecule has 10 heteroatoms. The number of halogens is 2. The lowest BCUT2D eigenvalue weighted by atomic mass is 9.76. The molecule has 178 valence electrons. The Kier molecular flexibility index (Phi) is 5.31. The number of benzene rings is 1. The molecule has 1 saturated heterocycles. The van der Waals surface area contributed by atoms with E-state index in [0.29, 0.717) is 28.5 Å². The molecule has 0 spiro atoms. The minimum atomic E-state index is -3.00. The first kappa shape index (κ1) is 22.6. The van der Waals surface area contributed by atoms with Crippen molar-refractivity contribution in [3.05, 3.63) is 47.1 Å². The van der Waals surface area contributed by atoms with Gasteiger partial charge in [0.05, 0.1) is 33.2 Å². The van der Waals surface area contributed by atoms with Crippen molar-refractivity contribution in [2.45, 2.75) is 50.5 Å². The molecule has 1 aliphatic carbocycles. The Morgan fingerprint density at radius 3 is 2.74 bits per heavy atom. The molecule has 34 heavy (non-hydrogen) atoms. The highest BCUT2D eigenvalue weighted by molar-refractivity contribution is 7.16. The summed E-state index contributed by atoms with van der Waals surface area (Å²) < 4.78 is 30.7. The highest BCUT2D eigenvalue weighted by Crippen LogP contribution is 2.47. The Labute approximate surface area is 199 Å². The number of nitrogen functional groups attached to an aromatic ring is 1. The van der Waals surface area contributed by atoms with Gasteiger partial charge >= 0.3 is 11.8 Å². The van der Waals surface area contributed by atoms with E-state index >= 15 is 0 Å². The number of fused-ring (bicyclic) bond motifs is 1. The first-order valence-electron chi connectivity index (χ1n) is 11.2. The van der Waals surface area contributed by atoms with E-state index in [2.05, 4.69) is 15.3 Å². The predicted molar refractivity (Wildman–Crippen MR) is 127 cm³/mol. The van der Waals surface area contributed by atoms with Crippen molar-refractivity contribution < 1.29 is 18.4 Å². The summed E-state index contributed by atoms with van der Waals surface area (Å²) >= 11 is 1.44. The molecule has 0 unspecified atom stereocenters. The zero-order chi connectivity index (χ0) is 24.3. The number of carbonyl (C=O) groups excluding carboxylic acids is 2. The summed E-state index contributed by atoms with van der Waals surface area (Å²) in [6, 6.07) is 7.00. The van der Waals surface area contributed by atoms with E-state index in [-0.39, 0.29) is 6.54 Å². The second-order valence-electron chi connectivity index (χ2n) is 9.49. The van der Waals surface area contributed by atoms with Crippen LogP contribution in [0.25, 0.3) is 10.2 Å². The van der Waals surface area contributed by atoms with Gasteiger partial charge in [-0.1, -0.05) is 13.0 Å². The van der Waals surface area contributed by atoms with E-state index in [1.54, 1.807) is 30.6 Å². The number of aromatic nitrogens is 2. The summed E-state index contributed by atoms with van der Waals surface area (Å²) in [5, 5.41) is 2.59. The molecule has 3 heterocycles. The third-order valence-electron chi connectivity index (χ3n) is 6.97. The molecule has 2 aromatic heterocycles. The normalized spacial score (nSPS) is 24.2. The number of nitrogens with one attached hydrogen (secondary N) is 1. The molecular weight excluding hydrogens is 460 g/mol. The summed E-state index contributed by atoms with van der Waals surface area (Å²) in [5.41, 5.74) is 8.62. The number of hydrogen-bond donors (Lipinski definition) is 2. The number of nitrogens with zero attached hydrogens (tertiary/aromatic N) is 3. The number of pyridine rings is 1. The summed E-state index contributed by atoms with van der Waals surface area (Å²) in [5.74, 6) is -5.14. The van der Waals surface area contributed by atoms with Gasteiger partial charge in [0.2, 0.25) is 0 Å². The zero-order valence-electron chi connectivity index (χ0n) is 18.8. The van der Waals surface area contributed by atoms with Crippen molar-refractivity contribution >= 4 is 44.9 Å². The minimum Gasteiger partial charge on any atom is -0.383 e. The van der Waals surface area contributed by atoms with E-state index < -0.39 is 35.6 Å². The molecule has 1 saturated carbocycles. The van der Waals surface area contributed by atoms with E-state index in [9.17, 15) is 18.4 Å². The molecule has 1 aromatic carbocycles. The summed E-state index contributed by atoms with van der Waals surface area (Å²) in [6.45, 7) is 2.73. The van der Waals surface area contributed by atoms with Crippen molar-refractivity contribution in [1.82, 2.24) is 14.9 Å². The molecule has 0 radical (unpaired) electrons. The fourth-order valence-corrected chi connectivity index (χ4v) is 5.34. The highest BCUT2D eigenvalue weighted by atomic mass is 32.1. The Hall–Kier alpha value is -3.14. The first-order chi connectivity index (χ1) is 16.1. The van der Waals surface area contributed by atoms with E-state index in [0.717, 1.165) is 23.1 Å². The van der Waals surface area contributed by atoms with Crippen LogP contribution in [0.3, 0.4) is 0 Å². The molecule has 2 atom stereocenters. The quantitative estimate of drug-likeness (QED) is 0.532. The molecule has 1 aliphatic heterocycles. The molecular formula is C24H25F2N5O2S. The lowest BCUT2D eigenvalue weighted by Gasteiger charge is -2.50. The maximum Gasteiger partial charge on any atom is 0.313 e. The van der Waals surface area contributed by atoms with Gasteiger partial charge in [0, 0.05) is 18.9 Å². The van der Waals surface area contributed by atoms with Crippen LogP contribution in [-0.2, 0) is 15.1 Å². The molecule has 5 rings (SSSR count). The lowest BCUT2D eigenvalue weighted by Crippen LogP contribution is -2.60. The number of carbonyl (C=O) groups is 2. The Morgan fingerprint density at radius 1 is 1.24 bits per heavy atom. The number of likely N-dealkylation sites (tertiary alicyclic amines) is 1. The molecule has 3 N–H and O–H groups in total. The molecule has 0 bridgehead atoms. The van der Waals surface area contributed by atoms with Crippen LogP contribution in [0.2, 0.25) is 0 Å². The second-order valence-corrected chi connectivity index (χ2v) is 10.4. The maximum atomic E-state index is 14.9. The molecule has 2 fully saturated rings. The second kappa shape index (κ2) is 7.97. The van der Waals surface area contributed by atoms with E-state index in [1.807, 2.05) is 6.07 Å². The number of thiazole rings is 1. The van der Waals surface area contributed by atoms with E-state index in [4.69, 9.17) is 5.73 Å². The van der Waals surface area contributed by atoms with Gasteiger partial charge in [-0.25, -0.2) is 18.7 Å². The molecule has 2 aliphatic rings. The van der Waals surface area contributed by atoms with E-state index in [1.165, 1.54) is 29.4 Å². The van der Waals surface area contributed by atoms with Crippen molar-refractivity contribution in [2.75, 3.05) is 17.6 Å². The lowest BCUT2D eigenvalue weighted by molar-refractivity contribution is -0.172. The average molecular weight is 486 g/mol. The van der Waals surface area contributed by atoms with Crippen LogP contribution in [-0.4, -0.2) is 39.1 Å². The topological polar surface area (TPSA) is 101 Å². The number of piperidine rings is 1. The minimum absolute atomic E-state index is 0.252. The Balaban J connectivity index is 1.46. The number of nitrogens with two attached hydrogens (primary N) is 1. The molecule has 3 aromatic rings. The SMILES string of the molecule is C[C@@H]1CN(C(=O)C(=O)Nc2cnc(N)c(C3CC3)c2)[C@](C)(c2ccc3scnc3c2)CC1(F)F. The van der Waals surface area contributed by atoms with Crippen molar-refractivity contribution in [2.24, 2.45) is 5.92 Å². The van der Waals surface area contributed by atoms with Crippen molar-refractivity contribution in [1.29, 1.82) is 0 Å². The van der Waals surface area contributed by atoms with Crippen molar-refractivity contribution in [3.63, 3.8) is 0 Å². The van der Waals surface area contributed by atoms with Gasteiger partial charge in [0.15, 0.2) is 0 Å². The number of rotatable bonds is 3. The van der Waals surface area contributed by atoms with Gasteiger partial charge in [-0.3, -0.25) is 9.59 Å². The van der Waals surface area contributed by atoms with Crippen LogP contribution in [0.1, 0.15) is 50.2 Å². The number of hydrogen-bond acceptors (Lipinski definition) is 6. The number of alkyl halides is 2. The van der Waals surface area contributed by atoms with Gasteiger partial charge in [-0.15, -0.1) is 11.3 Å². The first-order valence-corrected chi connectivity index (χ1v) is 12.1. The predicted octanol–water partition coefficient (Wildman–Crippen LogP) is 4.51. The van der Waals surface area contributed by atoms with Crippen LogP contribution in [0.5, 0.6) is 0 Å². The van der Waals surface area contributed by atoms with Crippen LogP contribution in [0.4, 0.5) is 20.3 Å². The van der Waals surface area contributed by atoms with Crippen LogP contribution >= 0.6 is 11.3 Å². The number of anilines is 2. The largest absolute Gasteiger partial charge is 0.383 e. The van der Waals surface area contributed by atoms with Gasteiger partial charge in [0.25, 0.3) is 5.92 Å². The average Bonchev–Trinajstić information content (AvgIpc) is 3.52. The van der Waals surface area contributed by atoms with Crippen LogP contribution < -0.4 is 11.1 Å². The van der Waals surface area contributed by atoms with Gasteiger partial charge in [-0.05, 0) is 55.0 Å². The zero-order valence-corrected chi connectivity index (χ0v) is 19.7. The summed E-state index contributed by atoms with van der Waals surface area (Å²) in [6.07, 6.45) is 2.81. The third-order valence-corrected chi connectivity index (χ3v) is 7.78. The third kappa shape index (κ3) is 3.89. The fraction of sp³-hybridized carbons (Fsp3) is 0.417. The van der Waals surface area contributed by atoms with Crippen molar-refractivity contribution in [3.8, 4) is 0 Å². The van der Waals surface area contributed by atoms with Crippen LogP contribution in [0.15, 0.2) is 36.0 Å². The number of amides is 2. The van der Waals surface area contributed by atoms with Crippen LogP contribution in [0, 0.1) is 5.92 Å².